The number of carbonyl (C=O) groups is 1. The third-order valence-electron chi connectivity index (χ3n) is 3.09. The number of hydrogen-bond donors (Lipinski definition) is 2. The first-order valence-corrected chi connectivity index (χ1v) is 8.04. The van der Waals surface area contributed by atoms with Gasteiger partial charge in [0.05, 0.1) is 18.3 Å². The van der Waals surface area contributed by atoms with E-state index in [1.807, 2.05) is 12.1 Å². The second-order valence-electron chi connectivity index (χ2n) is 5.41. The number of nitrogens with two attached hydrogens (primary N) is 2. The number of hydrogen-bond acceptors (Lipinski definition) is 3. The molecule has 1 heterocycles. The van der Waals surface area contributed by atoms with Crippen LogP contribution in [0.3, 0.4) is 0 Å². The van der Waals surface area contributed by atoms with Crippen LogP contribution in [0.15, 0.2) is 53.9 Å². The molecule has 3 rings (SSSR count). The molecule has 1 saturated carbocycles. The van der Waals surface area contributed by atoms with Gasteiger partial charge in [0, 0.05) is 11.2 Å². The van der Waals surface area contributed by atoms with E-state index in [0.29, 0.717) is 5.02 Å². The van der Waals surface area contributed by atoms with Crippen LogP contribution in [0.2, 0.25) is 5.02 Å². The summed E-state index contributed by atoms with van der Waals surface area (Å²) in [6.45, 7) is 0. The maximum Gasteiger partial charge on any atom is 0.252 e. The molecule has 1 aliphatic carbocycles. The number of amidine groups is 1. The van der Waals surface area contributed by atoms with Crippen molar-refractivity contribution in [1.82, 2.24) is 9.78 Å². The van der Waals surface area contributed by atoms with E-state index in [0.717, 1.165) is 24.1 Å². The number of aliphatic imine (C=N–C) groups is 1. The lowest BCUT2D eigenvalue weighted by Crippen LogP contribution is -2.12. The second kappa shape index (κ2) is 8.98. The van der Waals surface area contributed by atoms with Crippen molar-refractivity contribution in [3.05, 3.63) is 59.5 Å². The zero-order chi connectivity index (χ0) is 18.2. The van der Waals surface area contributed by atoms with Crippen LogP contribution in [0.1, 0.15) is 18.4 Å². The molecule has 1 aliphatic rings. The Morgan fingerprint density at radius 3 is 2.80 bits per heavy atom. The van der Waals surface area contributed by atoms with E-state index < -0.39 is 6.17 Å². The van der Waals surface area contributed by atoms with Crippen LogP contribution < -0.4 is 11.5 Å². The standard InChI is InChI=1S/C14H14ClN5O.C3H5F/c15-11-2-1-3-12(7-11)20-9-10(8-18-20)6-14(21)19-13(17)4-5-16;4-3-1-2-3/h1-5,7-9H,6,16H2,(H2,17,19,21);3H,1-2H2/b5-4-;. The van der Waals surface area contributed by atoms with E-state index in [1.54, 1.807) is 29.2 Å². The van der Waals surface area contributed by atoms with Crippen molar-refractivity contribution < 1.29 is 9.18 Å². The second-order valence-corrected chi connectivity index (χ2v) is 5.85. The topological polar surface area (TPSA) is 99.3 Å². The Bertz CT molecular complexity index is 783. The lowest BCUT2D eigenvalue weighted by atomic mass is 10.2. The highest BCUT2D eigenvalue weighted by molar-refractivity contribution is 6.30. The highest BCUT2D eigenvalue weighted by Gasteiger charge is 2.18. The number of benzene rings is 1. The van der Waals surface area contributed by atoms with Crippen molar-refractivity contribution in [2.45, 2.75) is 25.4 Å². The maximum atomic E-state index is 11.7. The average molecular weight is 364 g/mol. The number of amides is 1. The van der Waals surface area contributed by atoms with Crippen molar-refractivity contribution >= 4 is 23.3 Å². The summed E-state index contributed by atoms with van der Waals surface area (Å²) in [5.74, 6) is -0.291. The molecule has 8 heteroatoms. The molecule has 1 fully saturated rings. The monoisotopic (exact) mass is 363 g/mol. The summed E-state index contributed by atoms with van der Waals surface area (Å²) >= 11 is 5.93. The van der Waals surface area contributed by atoms with Crippen molar-refractivity contribution in [3.63, 3.8) is 0 Å². The zero-order valence-corrected chi connectivity index (χ0v) is 14.2. The molecular formula is C17H19ClFN5O. The number of alkyl halides is 1. The Balaban J connectivity index is 0.000000493. The summed E-state index contributed by atoms with van der Waals surface area (Å²) in [5.41, 5.74) is 12.2. The number of aromatic nitrogens is 2. The predicted molar refractivity (Wildman–Crippen MR) is 96.4 cm³/mol. The molecule has 132 valence electrons. The van der Waals surface area contributed by atoms with Crippen molar-refractivity contribution in [3.8, 4) is 5.69 Å². The number of halogens is 2. The first-order chi connectivity index (χ1) is 12.0. The number of carbonyl (C=O) groups excluding carboxylic acids is 1. The smallest absolute Gasteiger partial charge is 0.252 e. The molecule has 0 radical (unpaired) electrons. The molecule has 1 aromatic carbocycles. The summed E-state index contributed by atoms with van der Waals surface area (Å²) in [4.78, 5) is 15.4. The van der Waals surface area contributed by atoms with E-state index in [1.165, 1.54) is 12.3 Å². The van der Waals surface area contributed by atoms with E-state index >= 15 is 0 Å². The first-order valence-electron chi connectivity index (χ1n) is 7.66. The van der Waals surface area contributed by atoms with Crippen molar-refractivity contribution in [1.29, 1.82) is 0 Å². The van der Waals surface area contributed by atoms with Gasteiger partial charge in [-0.1, -0.05) is 17.7 Å². The average Bonchev–Trinajstić information content (AvgIpc) is 3.20. The van der Waals surface area contributed by atoms with Gasteiger partial charge in [-0.05, 0) is 48.9 Å². The van der Waals surface area contributed by atoms with Crippen LogP contribution in [0.4, 0.5) is 4.39 Å². The number of nitrogens with zero attached hydrogens (tertiary/aromatic N) is 3. The van der Waals surface area contributed by atoms with Gasteiger partial charge in [-0.3, -0.25) is 4.79 Å². The van der Waals surface area contributed by atoms with E-state index in [9.17, 15) is 9.18 Å². The largest absolute Gasteiger partial charge is 0.404 e. The van der Waals surface area contributed by atoms with Gasteiger partial charge in [-0.25, -0.2) is 9.07 Å². The van der Waals surface area contributed by atoms with Gasteiger partial charge in [0.15, 0.2) is 0 Å². The molecule has 25 heavy (non-hydrogen) atoms. The van der Waals surface area contributed by atoms with Gasteiger partial charge in [0.1, 0.15) is 12.0 Å². The normalized spacial score (nSPS) is 14.2. The van der Waals surface area contributed by atoms with Crippen LogP contribution in [-0.4, -0.2) is 27.7 Å². The minimum Gasteiger partial charge on any atom is -0.404 e. The molecule has 0 saturated heterocycles. The van der Waals surface area contributed by atoms with E-state index in [2.05, 4.69) is 10.1 Å². The Morgan fingerprint density at radius 1 is 1.48 bits per heavy atom. The van der Waals surface area contributed by atoms with Gasteiger partial charge in [-0.15, -0.1) is 0 Å². The molecule has 0 atom stereocenters. The third-order valence-corrected chi connectivity index (χ3v) is 3.33. The summed E-state index contributed by atoms with van der Waals surface area (Å²) < 4.78 is 12.8. The Hall–Kier alpha value is -2.67. The Morgan fingerprint density at radius 2 is 2.20 bits per heavy atom. The van der Waals surface area contributed by atoms with Crippen LogP contribution in [0.25, 0.3) is 5.69 Å². The van der Waals surface area contributed by atoms with Gasteiger partial charge >= 0.3 is 0 Å². The van der Waals surface area contributed by atoms with Crippen molar-refractivity contribution in [2.24, 2.45) is 16.5 Å². The molecule has 2 aromatic rings. The minimum absolute atomic E-state index is 0.0738. The molecule has 0 spiro atoms. The van der Waals surface area contributed by atoms with Gasteiger partial charge in [0.2, 0.25) is 0 Å². The zero-order valence-electron chi connectivity index (χ0n) is 13.5. The quantitative estimate of drug-likeness (QED) is 0.644. The highest BCUT2D eigenvalue weighted by atomic mass is 35.5. The first kappa shape index (κ1) is 18.7. The molecule has 1 amide bonds. The predicted octanol–water partition coefficient (Wildman–Crippen LogP) is 2.54. The summed E-state index contributed by atoms with van der Waals surface area (Å²) in [7, 11) is 0. The summed E-state index contributed by atoms with van der Waals surface area (Å²) in [6.07, 6.45) is 7.26. The third kappa shape index (κ3) is 6.76. The van der Waals surface area contributed by atoms with Crippen LogP contribution in [0, 0.1) is 0 Å². The van der Waals surface area contributed by atoms with Gasteiger partial charge in [0.25, 0.3) is 5.91 Å². The SMILES string of the molecule is FC1CC1.N/C=C\C(N)=NC(=O)Cc1cnn(-c2cccc(Cl)c2)c1. The van der Waals surface area contributed by atoms with Gasteiger partial charge < -0.3 is 11.5 Å². The highest BCUT2D eigenvalue weighted by Crippen LogP contribution is 2.22. The van der Waals surface area contributed by atoms with Crippen molar-refractivity contribution in [2.75, 3.05) is 0 Å². The molecule has 0 unspecified atom stereocenters. The fraction of sp³-hybridized carbons (Fsp3) is 0.235. The maximum absolute atomic E-state index is 11.7. The number of rotatable bonds is 4. The molecule has 0 aliphatic heterocycles. The Labute approximate surface area is 150 Å². The lowest BCUT2D eigenvalue weighted by Gasteiger charge is -2.00. The lowest BCUT2D eigenvalue weighted by molar-refractivity contribution is -0.117. The molecule has 1 aromatic heterocycles. The molecular weight excluding hydrogens is 345 g/mol. The molecule has 6 nitrogen and oxygen atoms in total. The van der Waals surface area contributed by atoms with Crippen LogP contribution >= 0.6 is 11.6 Å². The summed E-state index contributed by atoms with van der Waals surface area (Å²) in [6, 6.07) is 7.25. The minimum atomic E-state index is -0.417. The fourth-order valence-electron chi connectivity index (χ4n) is 1.77. The molecule has 0 bridgehead atoms. The van der Waals surface area contributed by atoms with Gasteiger partial charge in [-0.2, -0.15) is 10.1 Å². The van der Waals surface area contributed by atoms with E-state index in [4.69, 9.17) is 23.1 Å². The fourth-order valence-corrected chi connectivity index (χ4v) is 1.95. The summed E-state index contributed by atoms with van der Waals surface area (Å²) in [5, 5.41) is 4.81. The Kier molecular flexibility index (Phi) is 6.71. The molecule has 4 N–H and O–H groups in total. The van der Waals surface area contributed by atoms with E-state index in [-0.39, 0.29) is 18.2 Å². The van der Waals surface area contributed by atoms with Crippen LogP contribution in [0.5, 0.6) is 0 Å². The van der Waals surface area contributed by atoms with Crippen LogP contribution in [-0.2, 0) is 11.2 Å².